The molecule has 1 heterocycles. The molecule has 2 rings (SSSR count). The number of hydrogen-bond acceptors (Lipinski definition) is 2. The van der Waals surface area contributed by atoms with Crippen molar-refractivity contribution in [1.29, 1.82) is 0 Å². The summed E-state index contributed by atoms with van der Waals surface area (Å²) in [5.74, 6) is 0.502. The summed E-state index contributed by atoms with van der Waals surface area (Å²) in [6, 6.07) is 9.34. The van der Waals surface area contributed by atoms with Gasteiger partial charge in [-0.15, -0.1) is 0 Å². The second kappa shape index (κ2) is 3.35. The molecule has 0 fully saturated rings. The largest absolute Gasteiger partial charge is 0.382 e. The van der Waals surface area contributed by atoms with Crippen molar-refractivity contribution in [2.75, 3.05) is 5.73 Å². The molecule has 0 saturated heterocycles. The van der Waals surface area contributed by atoms with E-state index >= 15 is 0 Å². The standard InChI is InChI=1S/C10H10ClN3/c1-7-6-10(12)13-14(7)9-5-3-2-4-8(9)11/h2-6H,1H3,(H2,12,13). The number of benzene rings is 1. The molecule has 0 atom stereocenters. The van der Waals surface area contributed by atoms with E-state index in [1.807, 2.05) is 37.3 Å². The van der Waals surface area contributed by atoms with Gasteiger partial charge in [-0.3, -0.25) is 0 Å². The average molecular weight is 208 g/mol. The maximum absolute atomic E-state index is 6.04. The minimum absolute atomic E-state index is 0.502. The number of hydrogen-bond donors (Lipinski definition) is 1. The monoisotopic (exact) mass is 207 g/mol. The van der Waals surface area contributed by atoms with Crippen LogP contribution in [0.4, 0.5) is 5.82 Å². The van der Waals surface area contributed by atoms with Gasteiger partial charge in [-0.25, -0.2) is 4.68 Å². The van der Waals surface area contributed by atoms with Gasteiger partial charge in [0.15, 0.2) is 0 Å². The molecule has 0 radical (unpaired) electrons. The van der Waals surface area contributed by atoms with Crippen LogP contribution < -0.4 is 5.73 Å². The van der Waals surface area contributed by atoms with Crippen molar-refractivity contribution in [3.63, 3.8) is 0 Å². The van der Waals surface area contributed by atoms with E-state index in [2.05, 4.69) is 5.10 Å². The molecule has 0 amide bonds. The summed E-state index contributed by atoms with van der Waals surface area (Å²) in [7, 11) is 0. The summed E-state index contributed by atoms with van der Waals surface area (Å²) < 4.78 is 1.73. The SMILES string of the molecule is Cc1cc(N)nn1-c1ccccc1Cl. The van der Waals surface area contributed by atoms with Crippen LogP contribution in [-0.2, 0) is 0 Å². The van der Waals surface area contributed by atoms with E-state index in [9.17, 15) is 0 Å². The fourth-order valence-electron chi connectivity index (χ4n) is 1.37. The fourth-order valence-corrected chi connectivity index (χ4v) is 1.58. The first-order valence-corrected chi connectivity index (χ1v) is 4.63. The van der Waals surface area contributed by atoms with Crippen LogP contribution >= 0.6 is 11.6 Å². The molecule has 0 spiro atoms. The minimum atomic E-state index is 0.502. The van der Waals surface area contributed by atoms with E-state index in [0.29, 0.717) is 10.8 Å². The number of anilines is 1. The van der Waals surface area contributed by atoms with Crippen molar-refractivity contribution < 1.29 is 0 Å². The Labute approximate surface area is 87.1 Å². The highest BCUT2D eigenvalue weighted by atomic mass is 35.5. The minimum Gasteiger partial charge on any atom is -0.382 e. The number of nitrogen functional groups attached to an aromatic ring is 1. The summed E-state index contributed by atoms with van der Waals surface area (Å²) >= 11 is 6.04. The Kier molecular flexibility index (Phi) is 2.17. The Morgan fingerprint density at radius 1 is 1.36 bits per heavy atom. The van der Waals surface area contributed by atoms with Crippen LogP contribution in [0.25, 0.3) is 5.69 Å². The predicted octanol–water partition coefficient (Wildman–Crippen LogP) is 2.42. The molecule has 0 aliphatic heterocycles. The van der Waals surface area contributed by atoms with E-state index in [1.54, 1.807) is 4.68 Å². The Morgan fingerprint density at radius 2 is 2.07 bits per heavy atom. The van der Waals surface area contributed by atoms with Gasteiger partial charge in [-0.2, -0.15) is 5.10 Å². The van der Waals surface area contributed by atoms with Gasteiger partial charge in [0.05, 0.1) is 10.7 Å². The van der Waals surface area contributed by atoms with Crippen LogP contribution in [0.1, 0.15) is 5.69 Å². The molecule has 1 aromatic carbocycles. The Bertz CT molecular complexity index is 462. The second-order valence-electron chi connectivity index (χ2n) is 3.07. The predicted molar refractivity (Wildman–Crippen MR) is 57.7 cm³/mol. The van der Waals surface area contributed by atoms with Gasteiger partial charge >= 0.3 is 0 Å². The molecule has 14 heavy (non-hydrogen) atoms. The average Bonchev–Trinajstić information content (AvgIpc) is 2.46. The lowest BCUT2D eigenvalue weighted by Gasteiger charge is -2.05. The quantitative estimate of drug-likeness (QED) is 0.781. The van der Waals surface area contributed by atoms with Crippen molar-refractivity contribution in [2.45, 2.75) is 6.92 Å². The number of halogens is 1. The van der Waals surface area contributed by atoms with Gasteiger partial charge in [0.25, 0.3) is 0 Å². The van der Waals surface area contributed by atoms with Gasteiger partial charge in [0.1, 0.15) is 5.82 Å². The van der Waals surface area contributed by atoms with Crippen molar-refractivity contribution >= 4 is 17.4 Å². The Balaban J connectivity index is 2.60. The second-order valence-corrected chi connectivity index (χ2v) is 3.48. The summed E-state index contributed by atoms with van der Waals surface area (Å²) in [4.78, 5) is 0. The van der Waals surface area contributed by atoms with Crippen LogP contribution in [0.2, 0.25) is 5.02 Å². The number of para-hydroxylation sites is 1. The summed E-state index contributed by atoms with van der Waals surface area (Å²) in [5.41, 5.74) is 7.41. The van der Waals surface area contributed by atoms with Crippen LogP contribution in [0.15, 0.2) is 30.3 Å². The third kappa shape index (κ3) is 1.46. The lowest BCUT2D eigenvalue weighted by molar-refractivity contribution is 0.851. The van der Waals surface area contributed by atoms with Crippen LogP contribution in [0.5, 0.6) is 0 Å². The number of nitrogens with zero attached hydrogens (tertiary/aromatic N) is 2. The molecule has 0 aliphatic rings. The first-order chi connectivity index (χ1) is 6.68. The number of nitrogens with two attached hydrogens (primary N) is 1. The molecule has 0 unspecified atom stereocenters. The highest BCUT2D eigenvalue weighted by Gasteiger charge is 2.06. The first kappa shape index (κ1) is 9.09. The first-order valence-electron chi connectivity index (χ1n) is 4.25. The summed E-state index contributed by atoms with van der Waals surface area (Å²) in [6.45, 7) is 1.94. The van der Waals surface area contributed by atoms with Crippen molar-refractivity contribution in [1.82, 2.24) is 9.78 Å². The topological polar surface area (TPSA) is 43.8 Å². The fraction of sp³-hybridized carbons (Fsp3) is 0.100. The van der Waals surface area contributed by atoms with Gasteiger partial charge in [0, 0.05) is 11.8 Å². The van der Waals surface area contributed by atoms with Gasteiger partial charge in [0.2, 0.25) is 0 Å². The molecule has 0 aliphatic carbocycles. The molecule has 0 saturated carbocycles. The third-order valence-corrected chi connectivity index (χ3v) is 2.31. The normalized spacial score (nSPS) is 10.4. The molecule has 2 N–H and O–H groups in total. The van der Waals surface area contributed by atoms with Gasteiger partial charge in [-0.05, 0) is 19.1 Å². The smallest absolute Gasteiger partial charge is 0.146 e. The molecular weight excluding hydrogens is 198 g/mol. The van der Waals surface area contributed by atoms with Crippen molar-refractivity contribution in [2.24, 2.45) is 0 Å². The van der Waals surface area contributed by atoms with E-state index in [-0.39, 0.29) is 0 Å². The van der Waals surface area contributed by atoms with E-state index in [1.165, 1.54) is 0 Å². The molecule has 4 heteroatoms. The van der Waals surface area contributed by atoms with E-state index < -0.39 is 0 Å². The summed E-state index contributed by atoms with van der Waals surface area (Å²) in [6.07, 6.45) is 0. The number of rotatable bonds is 1. The molecular formula is C10H10ClN3. The molecule has 72 valence electrons. The molecule has 2 aromatic rings. The van der Waals surface area contributed by atoms with Gasteiger partial charge < -0.3 is 5.73 Å². The molecule has 1 aromatic heterocycles. The van der Waals surface area contributed by atoms with Crippen LogP contribution in [0.3, 0.4) is 0 Å². The third-order valence-electron chi connectivity index (χ3n) is 1.99. The van der Waals surface area contributed by atoms with Crippen LogP contribution in [-0.4, -0.2) is 9.78 Å². The lowest BCUT2D eigenvalue weighted by atomic mass is 10.3. The maximum Gasteiger partial charge on any atom is 0.146 e. The highest BCUT2D eigenvalue weighted by molar-refractivity contribution is 6.32. The van der Waals surface area contributed by atoms with Crippen molar-refractivity contribution in [3.05, 3.63) is 41.0 Å². The van der Waals surface area contributed by atoms with Crippen molar-refractivity contribution in [3.8, 4) is 5.69 Å². The number of aryl methyl sites for hydroxylation is 1. The zero-order valence-corrected chi connectivity index (χ0v) is 8.49. The van der Waals surface area contributed by atoms with E-state index in [4.69, 9.17) is 17.3 Å². The number of aromatic nitrogens is 2. The lowest BCUT2D eigenvalue weighted by Crippen LogP contribution is -1.99. The molecule has 0 bridgehead atoms. The maximum atomic E-state index is 6.04. The Hall–Kier alpha value is -1.48. The summed E-state index contributed by atoms with van der Waals surface area (Å²) in [5, 5.41) is 4.82. The molecule has 3 nitrogen and oxygen atoms in total. The Morgan fingerprint density at radius 3 is 2.64 bits per heavy atom. The van der Waals surface area contributed by atoms with Gasteiger partial charge in [-0.1, -0.05) is 23.7 Å². The van der Waals surface area contributed by atoms with Crippen LogP contribution in [0, 0.1) is 6.92 Å². The zero-order chi connectivity index (χ0) is 10.1. The van der Waals surface area contributed by atoms with E-state index in [0.717, 1.165) is 11.4 Å². The highest BCUT2D eigenvalue weighted by Crippen LogP contribution is 2.21. The zero-order valence-electron chi connectivity index (χ0n) is 7.74.